The highest BCUT2D eigenvalue weighted by atomic mass is 127. The monoisotopic (exact) mass is 433 g/mol. The van der Waals surface area contributed by atoms with Crippen molar-refractivity contribution >= 4 is 35.8 Å². The van der Waals surface area contributed by atoms with Crippen molar-refractivity contribution in [2.45, 2.75) is 13.5 Å². The third-order valence-corrected chi connectivity index (χ3v) is 3.65. The predicted octanol–water partition coefficient (Wildman–Crippen LogP) is 0.948. The topological polar surface area (TPSA) is 70.1 Å². The van der Waals surface area contributed by atoms with Crippen LogP contribution < -0.4 is 10.1 Å². The molecule has 0 spiro atoms. The average molecular weight is 433 g/mol. The molecule has 23 heavy (non-hydrogen) atoms. The number of halogens is 1. The van der Waals surface area contributed by atoms with Gasteiger partial charge in [-0.3, -0.25) is 9.79 Å². The van der Waals surface area contributed by atoms with E-state index in [0.717, 1.165) is 37.8 Å². The Hall–Kier alpha value is -1.58. The fourth-order valence-corrected chi connectivity index (χ4v) is 2.40. The molecule has 1 aliphatic rings. The zero-order valence-electron chi connectivity index (χ0n) is 13.8. The van der Waals surface area contributed by atoms with E-state index in [1.54, 1.807) is 21.1 Å². The number of rotatable bonds is 3. The fourth-order valence-electron chi connectivity index (χ4n) is 2.40. The molecule has 0 aliphatic carbocycles. The number of pyridine rings is 1. The predicted molar refractivity (Wildman–Crippen MR) is 100 cm³/mol. The van der Waals surface area contributed by atoms with E-state index in [4.69, 9.17) is 4.74 Å². The smallest absolute Gasteiger partial charge is 0.219 e. The summed E-state index contributed by atoms with van der Waals surface area (Å²) in [6.07, 6.45) is 0. The summed E-state index contributed by atoms with van der Waals surface area (Å²) in [5.74, 6) is 1.56. The Balaban J connectivity index is 0.00000264. The number of aromatic nitrogens is 1. The maximum absolute atomic E-state index is 11.4. The van der Waals surface area contributed by atoms with Gasteiger partial charge in [0.15, 0.2) is 5.96 Å². The molecule has 1 amide bonds. The van der Waals surface area contributed by atoms with Crippen molar-refractivity contribution in [3.05, 3.63) is 23.9 Å². The first-order valence-corrected chi connectivity index (χ1v) is 7.35. The largest absolute Gasteiger partial charge is 0.481 e. The second kappa shape index (κ2) is 9.53. The van der Waals surface area contributed by atoms with Gasteiger partial charge < -0.3 is 19.9 Å². The van der Waals surface area contributed by atoms with Gasteiger partial charge in [-0.05, 0) is 6.07 Å². The number of aliphatic imine (C=N–C) groups is 1. The van der Waals surface area contributed by atoms with Crippen LogP contribution in [0.15, 0.2) is 23.2 Å². The van der Waals surface area contributed by atoms with Crippen LogP contribution in [0.25, 0.3) is 0 Å². The van der Waals surface area contributed by atoms with Crippen LogP contribution in [0.1, 0.15) is 12.6 Å². The summed E-state index contributed by atoms with van der Waals surface area (Å²) >= 11 is 0. The Morgan fingerprint density at radius 2 is 1.96 bits per heavy atom. The van der Waals surface area contributed by atoms with E-state index in [9.17, 15) is 4.79 Å². The number of nitrogens with one attached hydrogen (secondary N) is 1. The number of nitrogens with zero attached hydrogens (tertiary/aromatic N) is 4. The van der Waals surface area contributed by atoms with E-state index >= 15 is 0 Å². The van der Waals surface area contributed by atoms with Crippen molar-refractivity contribution in [1.82, 2.24) is 20.1 Å². The second-order valence-electron chi connectivity index (χ2n) is 5.07. The van der Waals surface area contributed by atoms with Crippen molar-refractivity contribution in [3.63, 3.8) is 0 Å². The van der Waals surface area contributed by atoms with Crippen LogP contribution in [0.3, 0.4) is 0 Å². The molecule has 1 aliphatic heterocycles. The Bertz CT molecular complexity index is 544. The molecule has 2 heterocycles. The van der Waals surface area contributed by atoms with Gasteiger partial charge in [0, 0.05) is 46.2 Å². The lowest BCUT2D eigenvalue weighted by atomic mass is 10.3. The molecule has 1 saturated heterocycles. The minimum atomic E-state index is 0. The molecule has 0 unspecified atom stereocenters. The average Bonchev–Trinajstić information content (AvgIpc) is 2.56. The lowest BCUT2D eigenvalue weighted by Gasteiger charge is -2.36. The number of methoxy groups -OCH3 is 1. The summed E-state index contributed by atoms with van der Waals surface area (Å²) in [7, 11) is 3.37. The molecule has 0 aromatic carbocycles. The van der Waals surface area contributed by atoms with Crippen molar-refractivity contribution in [1.29, 1.82) is 0 Å². The molecule has 0 atom stereocenters. The summed E-state index contributed by atoms with van der Waals surface area (Å²) in [6, 6.07) is 5.67. The molecule has 1 aromatic rings. The van der Waals surface area contributed by atoms with Crippen molar-refractivity contribution in [2.75, 3.05) is 40.3 Å². The highest BCUT2D eigenvalue weighted by molar-refractivity contribution is 14.0. The number of guanidine groups is 1. The van der Waals surface area contributed by atoms with Gasteiger partial charge in [0.25, 0.3) is 0 Å². The molecule has 7 nitrogen and oxygen atoms in total. The van der Waals surface area contributed by atoms with Gasteiger partial charge in [-0.15, -0.1) is 24.0 Å². The van der Waals surface area contributed by atoms with Crippen LogP contribution in [0.5, 0.6) is 5.88 Å². The summed E-state index contributed by atoms with van der Waals surface area (Å²) in [6.45, 7) is 5.21. The van der Waals surface area contributed by atoms with Crippen LogP contribution >= 0.6 is 24.0 Å². The van der Waals surface area contributed by atoms with E-state index in [2.05, 4.69) is 20.2 Å². The number of amides is 1. The molecule has 1 fully saturated rings. The van der Waals surface area contributed by atoms with Crippen LogP contribution in [0.2, 0.25) is 0 Å². The van der Waals surface area contributed by atoms with Crippen LogP contribution in [0, 0.1) is 0 Å². The Morgan fingerprint density at radius 1 is 1.30 bits per heavy atom. The number of carbonyl (C=O) groups excluding carboxylic acids is 1. The van der Waals surface area contributed by atoms with Gasteiger partial charge in [0.05, 0.1) is 19.3 Å². The minimum Gasteiger partial charge on any atom is -0.481 e. The molecule has 128 valence electrons. The number of hydrogen-bond donors (Lipinski definition) is 1. The number of piperazine rings is 1. The lowest BCUT2D eigenvalue weighted by Crippen LogP contribution is -2.53. The first-order chi connectivity index (χ1) is 10.6. The third-order valence-electron chi connectivity index (χ3n) is 3.65. The quantitative estimate of drug-likeness (QED) is 0.437. The zero-order valence-corrected chi connectivity index (χ0v) is 16.1. The lowest BCUT2D eigenvalue weighted by molar-refractivity contribution is -0.130. The second-order valence-corrected chi connectivity index (χ2v) is 5.07. The summed E-state index contributed by atoms with van der Waals surface area (Å²) in [5, 5.41) is 3.31. The summed E-state index contributed by atoms with van der Waals surface area (Å²) in [5.41, 5.74) is 0.892. The highest BCUT2D eigenvalue weighted by Crippen LogP contribution is 2.07. The number of carbonyl (C=O) groups is 1. The first-order valence-electron chi connectivity index (χ1n) is 7.35. The van der Waals surface area contributed by atoms with Gasteiger partial charge >= 0.3 is 0 Å². The molecule has 0 saturated carbocycles. The highest BCUT2D eigenvalue weighted by Gasteiger charge is 2.20. The van der Waals surface area contributed by atoms with E-state index in [1.807, 2.05) is 23.1 Å². The molecular weight excluding hydrogens is 409 g/mol. The number of ether oxygens (including phenoxy) is 1. The zero-order chi connectivity index (χ0) is 15.9. The molecule has 2 rings (SSSR count). The van der Waals surface area contributed by atoms with Crippen molar-refractivity contribution in [3.8, 4) is 5.88 Å². The van der Waals surface area contributed by atoms with Crippen LogP contribution in [0.4, 0.5) is 0 Å². The van der Waals surface area contributed by atoms with E-state index in [-0.39, 0.29) is 29.9 Å². The van der Waals surface area contributed by atoms with Gasteiger partial charge in [-0.1, -0.05) is 6.07 Å². The molecule has 0 bridgehead atoms. The third kappa shape index (κ3) is 5.52. The van der Waals surface area contributed by atoms with E-state index in [0.29, 0.717) is 12.4 Å². The fraction of sp³-hybridized carbons (Fsp3) is 0.533. The van der Waals surface area contributed by atoms with Gasteiger partial charge in [0.1, 0.15) is 0 Å². The normalized spacial score (nSPS) is 15.0. The SMILES string of the molecule is CN=C(NCc1cccc(OC)n1)N1CCN(C(C)=O)CC1.I. The van der Waals surface area contributed by atoms with Crippen LogP contribution in [-0.2, 0) is 11.3 Å². The Morgan fingerprint density at radius 3 is 2.52 bits per heavy atom. The summed E-state index contributed by atoms with van der Waals surface area (Å²) < 4.78 is 5.12. The Kier molecular flexibility index (Phi) is 8.07. The summed E-state index contributed by atoms with van der Waals surface area (Å²) in [4.78, 5) is 24.0. The standard InChI is InChI=1S/C15H23N5O2.HI/c1-12(21)19-7-9-20(10-8-19)15(16-2)17-11-13-5-4-6-14(18-13)22-3;/h4-6H,7-11H2,1-3H3,(H,16,17);1H. The molecule has 8 heteroatoms. The maximum atomic E-state index is 11.4. The molecule has 1 N–H and O–H groups in total. The molecule has 0 radical (unpaired) electrons. The van der Waals surface area contributed by atoms with Crippen molar-refractivity contribution < 1.29 is 9.53 Å². The Labute approximate surface area is 154 Å². The maximum Gasteiger partial charge on any atom is 0.219 e. The van der Waals surface area contributed by atoms with Gasteiger partial charge in [-0.25, -0.2) is 4.98 Å². The molecular formula is C15H24IN5O2. The minimum absolute atomic E-state index is 0. The van der Waals surface area contributed by atoms with Crippen molar-refractivity contribution in [2.24, 2.45) is 4.99 Å². The van der Waals surface area contributed by atoms with E-state index < -0.39 is 0 Å². The van der Waals surface area contributed by atoms with Crippen LogP contribution in [-0.4, -0.2) is 67.0 Å². The van der Waals surface area contributed by atoms with Gasteiger partial charge in [0.2, 0.25) is 11.8 Å². The number of hydrogen-bond acceptors (Lipinski definition) is 4. The first kappa shape index (κ1) is 19.5. The van der Waals surface area contributed by atoms with E-state index in [1.165, 1.54) is 0 Å². The molecule has 1 aromatic heterocycles. The van der Waals surface area contributed by atoms with Gasteiger partial charge in [-0.2, -0.15) is 0 Å².